The minimum absolute atomic E-state index is 0. The minimum Gasteiger partial charge on any atom is -0.497 e. The van der Waals surface area contributed by atoms with Crippen molar-refractivity contribution in [3.63, 3.8) is 0 Å². The quantitative estimate of drug-likeness (QED) is 0.333. The third-order valence-electron chi connectivity index (χ3n) is 4.73. The second-order valence-electron chi connectivity index (χ2n) is 6.88. The number of methoxy groups -OCH3 is 2. The van der Waals surface area contributed by atoms with Gasteiger partial charge in [-0.25, -0.2) is 0 Å². The van der Waals surface area contributed by atoms with Crippen LogP contribution in [-0.2, 0) is 6.54 Å². The monoisotopic (exact) mass is 512 g/mol. The van der Waals surface area contributed by atoms with Gasteiger partial charge < -0.3 is 24.6 Å². The van der Waals surface area contributed by atoms with Crippen molar-refractivity contribution in [1.29, 1.82) is 0 Å². The lowest BCUT2D eigenvalue weighted by Gasteiger charge is -2.28. The molecule has 0 bridgehead atoms. The average molecular weight is 512 g/mol. The Balaban J connectivity index is 0.00000420. The Labute approximate surface area is 191 Å². The molecule has 2 aromatic rings. The van der Waals surface area contributed by atoms with Crippen LogP contribution in [0.4, 0.5) is 0 Å². The van der Waals surface area contributed by atoms with Crippen LogP contribution in [0.2, 0.25) is 0 Å². The highest BCUT2D eigenvalue weighted by Gasteiger charge is 2.16. The Morgan fingerprint density at radius 3 is 1.90 bits per heavy atom. The van der Waals surface area contributed by atoms with Gasteiger partial charge in [-0.1, -0.05) is 24.3 Å². The standard InChI is InChI=1S/C22H32N4O2.HI/c1-23-22(26(4)16-17-7-11-19(27-5)12-8-17)24-15-21(25(2)3)18-9-13-20(28-6)14-10-18;/h7-14,21H,15-16H2,1-6H3,(H,23,24);1H. The lowest BCUT2D eigenvalue weighted by Crippen LogP contribution is -2.42. The van der Waals surface area contributed by atoms with E-state index in [1.807, 2.05) is 38.4 Å². The second kappa shape index (κ2) is 12.5. The van der Waals surface area contributed by atoms with E-state index < -0.39 is 0 Å². The second-order valence-corrected chi connectivity index (χ2v) is 6.88. The predicted molar refractivity (Wildman–Crippen MR) is 131 cm³/mol. The molecular formula is C22H33IN4O2. The maximum atomic E-state index is 5.26. The number of ether oxygens (including phenoxy) is 2. The molecular weight excluding hydrogens is 479 g/mol. The first-order valence-electron chi connectivity index (χ1n) is 9.33. The molecule has 0 aromatic heterocycles. The molecule has 1 unspecified atom stereocenters. The molecule has 1 atom stereocenters. The predicted octanol–water partition coefficient (Wildman–Crippen LogP) is 3.63. The Bertz CT molecular complexity index is 748. The van der Waals surface area contributed by atoms with Crippen LogP contribution in [0.15, 0.2) is 53.5 Å². The van der Waals surface area contributed by atoms with Crippen LogP contribution < -0.4 is 14.8 Å². The third kappa shape index (κ3) is 7.40. The van der Waals surface area contributed by atoms with Gasteiger partial charge in [-0.3, -0.25) is 4.99 Å². The van der Waals surface area contributed by atoms with Crippen molar-refractivity contribution < 1.29 is 9.47 Å². The normalized spacial score (nSPS) is 12.2. The van der Waals surface area contributed by atoms with Gasteiger partial charge in [0.15, 0.2) is 5.96 Å². The minimum atomic E-state index is 0. The molecule has 0 fully saturated rings. The lowest BCUT2D eigenvalue weighted by atomic mass is 10.1. The maximum Gasteiger partial charge on any atom is 0.193 e. The Morgan fingerprint density at radius 1 is 0.931 bits per heavy atom. The number of hydrogen-bond donors (Lipinski definition) is 1. The summed E-state index contributed by atoms with van der Waals surface area (Å²) < 4.78 is 10.5. The molecule has 0 saturated heterocycles. The van der Waals surface area contributed by atoms with E-state index in [-0.39, 0.29) is 30.0 Å². The van der Waals surface area contributed by atoms with Crippen LogP contribution in [0.1, 0.15) is 17.2 Å². The van der Waals surface area contributed by atoms with Crippen LogP contribution in [-0.4, -0.2) is 64.7 Å². The molecule has 1 N–H and O–H groups in total. The molecule has 2 aromatic carbocycles. The molecule has 0 aliphatic carbocycles. The number of likely N-dealkylation sites (N-methyl/N-ethyl adjacent to an activating group) is 1. The van der Waals surface area contributed by atoms with Crippen LogP contribution >= 0.6 is 24.0 Å². The van der Waals surface area contributed by atoms with Gasteiger partial charge in [0.1, 0.15) is 11.5 Å². The highest BCUT2D eigenvalue weighted by atomic mass is 127. The number of aliphatic imine (C=N–C) groups is 1. The fourth-order valence-corrected chi connectivity index (χ4v) is 3.08. The third-order valence-corrected chi connectivity index (χ3v) is 4.73. The summed E-state index contributed by atoms with van der Waals surface area (Å²) in [7, 11) is 11.4. The molecule has 6 nitrogen and oxygen atoms in total. The van der Waals surface area contributed by atoms with Crippen LogP contribution in [0.25, 0.3) is 0 Å². The van der Waals surface area contributed by atoms with Crippen LogP contribution in [0.5, 0.6) is 11.5 Å². The molecule has 0 amide bonds. The van der Waals surface area contributed by atoms with E-state index in [4.69, 9.17) is 9.47 Å². The molecule has 0 spiro atoms. The van der Waals surface area contributed by atoms with Gasteiger partial charge >= 0.3 is 0 Å². The van der Waals surface area contributed by atoms with Gasteiger partial charge in [0.25, 0.3) is 0 Å². The van der Waals surface area contributed by atoms with Gasteiger partial charge in [-0.15, -0.1) is 24.0 Å². The van der Waals surface area contributed by atoms with Gasteiger partial charge in [0.05, 0.1) is 20.3 Å². The van der Waals surface area contributed by atoms with Gasteiger partial charge in [-0.2, -0.15) is 0 Å². The summed E-state index contributed by atoms with van der Waals surface area (Å²) in [5.74, 6) is 2.59. The summed E-state index contributed by atoms with van der Waals surface area (Å²) in [5, 5.41) is 3.50. The fraction of sp³-hybridized carbons (Fsp3) is 0.409. The van der Waals surface area contributed by atoms with Crippen LogP contribution in [0, 0.1) is 0 Å². The van der Waals surface area contributed by atoms with Crippen molar-refractivity contribution in [3.8, 4) is 11.5 Å². The zero-order valence-electron chi connectivity index (χ0n) is 18.2. The Hall–Kier alpha value is -2.00. The number of benzene rings is 2. The first-order valence-corrected chi connectivity index (χ1v) is 9.33. The fourth-order valence-electron chi connectivity index (χ4n) is 3.08. The molecule has 29 heavy (non-hydrogen) atoms. The average Bonchev–Trinajstić information content (AvgIpc) is 2.71. The van der Waals surface area contributed by atoms with E-state index in [0.29, 0.717) is 0 Å². The van der Waals surface area contributed by atoms with Crippen molar-refractivity contribution >= 4 is 29.9 Å². The SMILES string of the molecule is CN=C(NCC(c1ccc(OC)cc1)N(C)C)N(C)Cc1ccc(OC)cc1.I. The molecule has 0 aliphatic rings. The molecule has 0 saturated carbocycles. The molecule has 0 radical (unpaired) electrons. The first kappa shape index (κ1) is 25.0. The topological polar surface area (TPSA) is 49.3 Å². The number of rotatable bonds is 8. The molecule has 160 valence electrons. The zero-order valence-corrected chi connectivity index (χ0v) is 20.5. The van der Waals surface area contributed by atoms with E-state index in [1.165, 1.54) is 11.1 Å². The summed E-state index contributed by atoms with van der Waals surface area (Å²) in [4.78, 5) is 8.75. The van der Waals surface area contributed by atoms with Gasteiger partial charge in [0.2, 0.25) is 0 Å². The number of nitrogens with one attached hydrogen (secondary N) is 1. The van der Waals surface area contributed by atoms with Gasteiger partial charge in [-0.05, 0) is 49.5 Å². The summed E-state index contributed by atoms with van der Waals surface area (Å²) in [6.45, 7) is 1.51. The first-order chi connectivity index (χ1) is 13.5. The van der Waals surface area contributed by atoms with Crippen LogP contribution in [0.3, 0.4) is 0 Å². The molecule has 0 aliphatic heterocycles. The zero-order chi connectivity index (χ0) is 20.5. The van der Waals surface area contributed by atoms with E-state index in [0.717, 1.165) is 30.5 Å². The van der Waals surface area contributed by atoms with E-state index >= 15 is 0 Å². The maximum absolute atomic E-state index is 5.26. The Kier molecular flexibility index (Phi) is 10.8. The number of guanidine groups is 1. The van der Waals surface area contributed by atoms with E-state index in [2.05, 4.69) is 58.5 Å². The van der Waals surface area contributed by atoms with Crippen molar-refractivity contribution in [2.24, 2.45) is 4.99 Å². The summed E-state index contributed by atoms with van der Waals surface area (Å²) in [5.41, 5.74) is 2.43. The molecule has 7 heteroatoms. The molecule has 0 heterocycles. The largest absolute Gasteiger partial charge is 0.497 e. The summed E-state index contributed by atoms with van der Waals surface area (Å²) in [6, 6.07) is 16.5. The van der Waals surface area contributed by atoms with Crippen molar-refractivity contribution in [2.45, 2.75) is 12.6 Å². The van der Waals surface area contributed by atoms with Crippen molar-refractivity contribution in [3.05, 3.63) is 59.7 Å². The highest BCUT2D eigenvalue weighted by Crippen LogP contribution is 2.21. The Morgan fingerprint density at radius 2 is 1.45 bits per heavy atom. The van der Waals surface area contributed by atoms with Crippen molar-refractivity contribution in [1.82, 2.24) is 15.1 Å². The van der Waals surface area contributed by atoms with E-state index in [9.17, 15) is 0 Å². The highest BCUT2D eigenvalue weighted by molar-refractivity contribution is 14.0. The van der Waals surface area contributed by atoms with E-state index in [1.54, 1.807) is 14.2 Å². The summed E-state index contributed by atoms with van der Waals surface area (Å²) >= 11 is 0. The van der Waals surface area contributed by atoms with Gasteiger partial charge in [0, 0.05) is 27.2 Å². The van der Waals surface area contributed by atoms with Crippen molar-refractivity contribution in [2.75, 3.05) is 49.0 Å². The number of hydrogen-bond acceptors (Lipinski definition) is 4. The lowest BCUT2D eigenvalue weighted by molar-refractivity contribution is 0.295. The number of nitrogens with zero attached hydrogens (tertiary/aromatic N) is 3. The number of halogens is 1. The smallest absolute Gasteiger partial charge is 0.193 e. The molecule has 2 rings (SSSR count). The summed E-state index contributed by atoms with van der Waals surface area (Å²) in [6.07, 6.45) is 0.